The Balaban J connectivity index is 3.96. The van der Waals surface area contributed by atoms with Crippen molar-refractivity contribution < 1.29 is 0 Å². The van der Waals surface area contributed by atoms with Gasteiger partial charge in [0.1, 0.15) is 0 Å². The molecular weight excluding hydrogens is 248 g/mol. The molecule has 0 aromatic carbocycles. The Morgan fingerprint density at radius 3 is 0.889 bits per heavy atom. The first-order valence-corrected chi connectivity index (χ1v) is 12.6. The minimum atomic E-state index is -0.477. The summed E-state index contributed by atoms with van der Waals surface area (Å²) in [5.74, 6) is 0. The summed E-state index contributed by atoms with van der Waals surface area (Å²) in [6.45, 7) is 19.6. The van der Waals surface area contributed by atoms with Gasteiger partial charge in [0.25, 0.3) is 0 Å². The molecule has 0 fully saturated rings. The van der Waals surface area contributed by atoms with E-state index in [1.54, 1.807) is 12.1 Å². The molecule has 0 bridgehead atoms. The molecule has 18 heavy (non-hydrogen) atoms. The topological polar surface area (TPSA) is 0 Å². The number of hydrogen-bond acceptors (Lipinski definition) is 0. The first-order chi connectivity index (χ1) is 8.27. The summed E-state index contributed by atoms with van der Waals surface area (Å²) in [4.78, 5) is 0. The van der Waals surface area contributed by atoms with Crippen LogP contribution in [0.2, 0.25) is 34.3 Å². The maximum Gasteiger partial charge on any atom is 0.0419 e. The third-order valence-electron chi connectivity index (χ3n) is 4.75. The van der Waals surface area contributed by atoms with Crippen molar-refractivity contribution in [3.05, 3.63) is 0 Å². The normalized spacial score (nSPS) is 13.0. The average Bonchev–Trinajstić information content (AvgIpc) is 2.20. The third kappa shape index (κ3) is 7.13. The molecule has 0 saturated carbocycles. The van der Waals surface area contributed by atoms with Crippen molar-refractivity contribution >= 4 is 17.6 Å². The van der Waals surface area contributed by atoms with Gasteiger partial charge in [-0.3, -0.25) is 0 Å². The fraction of sp³-hybridized carbons (Fsp3) is 1.00. The molecule has 0 aromatic rings. The molecule has 0 rings (SSSR count). The summed E-state index contributed by atoms with van der Waals surface area (Å²) in [6.07, 6.45) is 3.05. The minimum absolute atomic E-state index is 0.477. The van der Waals surface area contributed by atoms with Crippen LogP contribution in [0.25, 0.3) is 0 Å². The smallest absolute Gasteiger partial charge is 0.0419 e. The quantitative estimate of drug-likeness (QED) is 0.368. The molecule has 110 valence electrons. The van der Waals surface area contributed by atoms with Gasteiger partial charge in [-0.1, -0.05) is 102 Å². The lowest BCUT2D eigenvalue weighted by Crippen LogP contribution is -2.22. The Kier molecular flexibility index (Phi) is 9.58. The molecule has 0 saturated heterocycles. The Morgan fingerprint density at radius 2 is 0.722 bits per heavy atom. The molecular formula is C16H38Si2. The molecule has 0 aliphatic carbocycles. The highest BCUT2D eigenvalue weighted by Crippen LogP contribution is 2.28. The van der Waals surface area contributed by atoms with E-state index in [9.17, 15) is 0 Å². The largest absolute Gasteiger partial charge is 0.0654 e. The van der Waals surface area contributed by atoms with Crippen molar-refractivity contribution in [1.82, 2.24) is 0 Å². The highest BCUT2D eigenvalue weighted by molar-refractivity contribution is 6.62. The van der Waals surface area contributed by atoms with E-state index >= 15 is 0 Å². The zero-order chi connectivity index (χ0) is 14.3. The van der Waals surface area contributed by atoms with Crippen LogP contribution >= 0.6 is 0 Å². The first-order valence-electron chi connectivity index (χ1n) is 8.27. The highest BCUT2D eigenvalue weighted by Gasteiger charge is 2.21. The second-order valence-electron chi connectivity index (χ2n) is 7.59. The fourth-order valence-corrected chi connectivity index (χ4v) is 10.9. The molecule has 2 heteroatoms. The van der Waals surface area contributed by atoms with Gasteiger partial charge in [0.15, 0.2) is 0 Å². The van der Waals surface area contributed by atoms with E-state index in [1.807, 2.05) is 0 Å². The maximum atomic E-state index is 2.46. The molecule has 0 aliphatic rings. The monoisotopic (exact) mass is 286 g/mol. The van der Waals surface area contributed by atoms with Crippen LogP contribution in [-0.2, 0) is 0 Å². The van der Waals surface area contributed by atoms with Crippen molar-refractivity contribution in [3.63, 3.8) is 0 Å². The van der Waals surface area contributed by atoms with Crippen LogP contribution in [0.15, 0.2) is 0 Å². The minimum Gasteiger partial charge on any atom is -0.0654 e. The van der Waals surface area contributed by atoms with E-state index in [1.165, 1.54) is 12.8 Å². The molecule has 0 unspecified atom stereocenters. The summed E-state index contributed by atoms with van der Waals surface area (Å²) < 4.78 is 0. The zero-order valence-electron chi connectivity index (χ0n) is 14.3. The van der Waals surface area contributed by atoms with E-state index < -0.39 is 17.6 Å². The van der Waals surface area contributed by atoms with Gasteiger partial charge in [-0.25, -0.2) is 0 Å². The van der Waals surface area contributed by atoms with Crippen molar-refractivity contribution in [2.75, 3.05) is 0 Å². The van der Waals surface area contributed by atoms with Gasteiger partial charge in [0.05, 0.1) is 0 Å². The molecule has 0 aromatic heterocycles. The lowest BCUT2D eigenvalue weighted by molar-refractivity contribution is 0.803. The predicted octanol–water partition coefficient (Wildman–Crippen LogP) is 5.86. The molecule has 0 radical (unpaired) electrons. The van der Waals surface area contributed by atoms with Gasteiger partial charge >= 0.3 is 0 Å². The Labute approximate surface area is 120 Å². The van der Waals surface area contributed by atoms with Gasteiger partial charge < -0.3 is 0 Å². The second-order valence-corrected chi connectivity index (χ2v) is 16.7. The molecule has 0 spiro atoms. The predicted molar refractivity (Wildman–Crippen MR) is 93.5 cm³/mol. The second kappa shape index (κ2) is 9.36. The van der Waals surface area contributed by atoms with Crippen LogP contribution < -0.4 is 0 Å². The van der Waals surface area contributed by atoms with Crippen molar-refractivity contribution in [1.29, 1.82) is 0 Å². The molecule has 0 N–H and O–H groups in total. The van der Waals surface area contributed by atoms with E-state index in [0.29, 0.717) is 0 Å². The van der Waals surface area contributed by atoms with Crippen LogP contribution in [0.5, 0.6) is 0 Å². The summed E-state index contributed by atoms with van der Waals surface area (Å²) in [6, 6.07) is 3.18. The lowest BCUT2D eigenvalue weighted by Gasteiger charge is -2.25. The number of rotatable bonds is 9. The van der Waals surface area contributed by atoms with E-state index in [0.717, 1.165) is 22.2 Å². The Bertz CT molecular complexity index is 159. The van der Waals surface area contributed by atoms with Crippen LogP contribution in [-0.4, -0.2) is 17.6 Å². The van der Waals surface area contributed by atoms with Gasteiger partial charge in [-0.05, 0) is 0 Å². The molecule has 0 heterocycles. The van der Waals surface area contributed by atoms with Gasteiger partial charge in [0.2, 0.25) is 0 Å². The van der Waals surface area contributed by atoms with E-state index in [2.05, 4.69) is 55.4 Å². The summed E-state index contributed by atoms with van der Waals surface area (Å²) in [5.41, 5.74) is 3.97. The molecule has 0 nitrogen and oxygen atoms in total. The number of unbranched alkanes of at least 4 members (excludes halogenated alkanes) is 1. The van der Waals surface area contributed by atoms with Gasteiger partial charge in [-0.15, -0.1) is 0 Å². The van der Waals surface area contributed by atoms with Gasteiger partial charge in [0, 0.05) is 17.6 Å². The van der Waals surface area contributed by atoms with Crippen LogP contribution in [0.3, 0.4) is 0 Å². The summed E-state index contributed by atoms with van der Waals surface area (Å²) >= 11 is 0. The Morgan fingerprint density at radius 1 is 0.500 bits per heavy atom. The number of hydrogen-bond donors (Lipinski definition) is 0. The van der Waals surface area contributed by atoms with Crippen LogP contribution in [0, 0.1) is 0 Å². The molecule has 0 aliphatic heterocycles. The standard InChI is InChI=1S/C16H38Si2/c1-13(2)17(14(3)4)11-9-10-12-18(15(5)6)16(7)8/h13-18H,9-12H2,1-8H3. The maximum absolute atomic E-state index is 2.46. The molecule has 0 amide bonds. The van der Waals surface area contributed by atoms with Crippen molar-refractivity contribution in [3.8, 4) is 0 Å². The fourth-order valence-electron chi connectivity index (χ4n) is 3.63. The Hall–Kier alpha value is 0.434. The molecule has 0 atom stereocenters. The zero-order valence-corrected chi connectivity index (χ0v) is 16.6. The van der Waals surface area contributed by atoms with Crippen molar-refractivity contribution in [2.45, 2.75) is 102 Å². The first kappa shape index (κ1) is 18.4. The third-order valence-corrected chi connectivity index (χ3v) is 13.8. The lowest BCUT2D eigenvalue weighted by atomic mass is 10.4. The highest BCUT2D eigenvalue weighted by atomic mass is 28.3. The van der Waals surface area contributed by atoms with Crippen molar-refractivity contribution in [2.24, 2.45) is 0 Å². The average molecular weight is 287 g/mol. The van der Waals surface area contributed by atoms with E-state index in [4.69, 9.17) is 0 Å². The SMILES string of the molecule is CC(C)[SiH](CCCC[SiH](C(C)C)C(C)C)C(C)C. The summed E-state index contributed by atoms with van der Waals surface area (Å²) in [7, 11) is -0.954. The van der Waals surface area contributed by atoms with E-state index in [-0.39, 0.29) is 0 Å². The van der Waals surface area contributed by atoms with Crippen LogP contribution in [0.1, 0.15) is 68.2 Å². The summed E-state index contributed by atoms with van der Waals surface area (Å²) in [5, 5.41) is 0. The van der Waals surface area contributed by atoms with Gasteiger partial charge in [-0.2, -0.15) is 0 Å². The van der Waals surface area contributed by atoms with Crippen LogP contribution in [0.4, 0.5) is 0 Å².